The summed E-state index contributed by atoms with van der Waals surface area (Å²) in [5.41, 5.74) is 0.701. The molecule has 7 heteroatoms. The fourth-order valence-electron chi connectivity index (χ4n) is 1.33. The van der Waals surface area contributed by atoms with Crippen LogP contribution in [0.1, 0.15) is 13.8 Å². The van der Waals surface area contributed by atoms with Gasteiger partial charge in [0.25, 0.3) is 0 Å². The topological polar surface area (TPSA) is 70.2 Å². The second-order valence-corrected chi connectivity index (χ2v) is 5.11. The van der Waals surface area contributed by atoms with Crippen molar-refractivity contribution in [1.29, 1.82) is 0 Å². The van der Waals surface area contributed by atoms with Crippen LogP contribution in [0.5, 0.6) is 0 Å². The number of carbonyl (C=O) groups excluding carboxylic acids is 2. The standard InChI is InChI=1S/C12H15BrClN3O2/c1-3-15-12(19)17-11(18)7(2)16-8-4-5-9(13)10(14)6-8/h4-7,16H,3H2,1-2H3,(H2,15,17,18,19). The highest BCUT2D eigenvalue weighted by molar-refractivity contribution is 9.10. The van der Waals surface area contributed by atoms with Gasteiger partial charge in [0.05, 0.1) is 5.02 Å². The van der Waals surface area contributed by atoms with Gasteiger partial charge < -0.3 is 10.6 Å². The molecule has 0 heterocycles. The van der Waals surface area contributed by atoms with E-state index in [1.807, 2.05) is 0 Å². The first-order valence-electron chi connectivity index (χ1n) is 5.74. The fraction of sp³-hybridized carbons (Fsp3) is 0.333. The van der Waals surface area contributed by atoms with Crippen LogP contribution < -0.4 is 16.0 Å². The summed E-state index contributed by atoms with van der Waals surface area (Å²) in [6.07, 6.45) is 0. The van der Waals surface area contributed by atoms with Crippen molar-refractivity contribution in [3.63, 3.8) is 0 Å². The Morgan fingerprint density at radius 2 is 2.11 bits per heavy atom. The minimum Gasteiger partial charge on any atom is -0.374 e. The summed E-state index contributed by atoms with van der Waals surface area (Å²) in [6.45, 7) is 3.89. The third-order valence-electron chi connectivity index (χ3n) is 2.27. The van der Waals surface area contributed by atoms with E-state index in [1.54, 1.807) is 32.0 Å². The molecule has 0 aliphatic heterocycles. The van der Waals surface area contributed by atoms with Gasteiger partial charge in [0.15, 0.2) is 0 Å². The van der Waals surface area contributed by atoms with Crippen LogP contribution in [0, 0.1) is 0 Å². The molecule has 3 N–H and O–H groups in total. The molecule has 0 saturated heterocycles. The summed E-state index contributed by atoms with van der Waals surface area (Å²) in [6, 6.07) is 4.20. The number of halogens is 2. The van der Waals surface area contributed by atoms with Gasteiger partial charge in [-0.15, -0.1) is 0 Å². The van der Waals surface area contributed by atoms with Crippen LogP contribution in [0.2, 0.25) is 5.02 Å². The predicted molar refractivity (Wildman–Crippen MR) is 79.5 cm³/mol. The number of hydrogen-bond acceptors (Lipinski definition) is 3. The van der Waals surface area contributed by atoms with Crippen molar-refractivity contribution in [2.24, 2.45) is 0 Å². The van der Waals surface area contributed by atoms with Crippen LogP contribution >= 0.6 is 27.5 Å². The molecule has 1 aromatic rings. The van der Waals surface area contributed by atoms with Gasteiger partial charge in [0, 0.05) is 16.7 Å². The number of nitrogens with one attached hydrogen (secondary N) is 3. The highest BCUT2D eigenvalue weighted by atomic mass is 79.9. The predicted octanol–water partition coefficient (Wildman–Crippen LogP) is 2.75. The van der Waals surface area contributed by atoms with Gasteiger partial charge in [0.1, 0.15) is 6.04 Å². The molecule has 0 saturated carbocycles. The van der Waals surface area contributed by atoms with Crippen LogP contribution in [-0.2, 0) is 4.79 Å². The maximum Gasteiger partial charge on any atom is 0.321 e. The Hall–Kier alpha value is -1.27. The number of imide groups is 1. The maximum atomic E-state index is 11.7. The third kappa shape index (κ3) is 5.08. The minimum absolute atomic E-state index is 0.412. The number of hydrogen-bond donors (Lipinski definition) is 3. The Morgan fingerprint density at radius 1 is 1.42 bits per heavy atom. The minimum atomic E-state index is -0.556. The van der Waals surface area contributed by atoms with Crippen molar-refractivity contribution >= 4 is 45.2 Å². The third-order valence-corrected chi connectivity index (χ3v) is 3.50. The lowest BCUT2D eigenvalue weighted by Gasteiger charge is -2.15. The molecule has 1 aromatic carbocycles. The van der Waals surface area contributed by atoms with E-state index >= 15 is 0 Å². The molecule has 0 aliphatic rings. The first-order valence-corrected chi connectivity index (χ1v) is 6.91. The SMILES string of the molecule is CCNC(=O)NC(=O)C(C)Nc1ccc(Br)c(Cl)c1. The Labute approximate surface area is 125 Å². The van der Waals surface area contributed by atoms with E-state index in [1.165, 1.54) is 0 Å². The zero-order valence-electron chi connectivity index (χ0n) is 10.6. The average molecular weight is 349 g/mol. The quantitative estimate of drug-likeness (QED) is 0.783. The molecule has 104 valence electrons. The lowest BCUT2D eigenvalue weighted by molar-refractivity contribution is -0.120. The zero-order chi connectivity index (χ0) is 14.4. The van der Waals surface area contributed by atoms with Crippen molar-refractivity contribution in [3.05, 3.63) is 27.7 Å². The van der Waals surface area contributed by atoms with Gasteiger partial charge in [-0.2, -0.15) is 0 Å². The lowest BCUT2D eigenvalue weighted by atomic mass is 10.2. The maximum absolute atomic E-state index is 11.7. The average Bonchev–Trinajstić information content (AvgIpc) is 2.34. The molecular weight excluding hydrogens is 334 g/mol. The van der Waals surface area contributed by atoms with Gasteiger partial charge in [0.2, 0.25) is 5.91 Å². The molecule has 0 spiro atoms. The van der Waals surface area contributed by atoms with Gasteiger partial charge >= 0.3 is 6.03 Å². The van der Waals surface area contributed by atoms with Crippen molar-refractivity contribution in [3.8, 4) is 0 Å². The molecule has 3 amide bonds. The Balaban J connectivity index is 2.58. The van der Waals surface area contributed by atoms with E-state index in [2.05, 4.69) is 31.9 Å². The first kappa shape index (κ1) is 15.8. The second kappa shape index (κ2) is 7.35. The van der Waals surface area contributed by atoms with E-state index in [4.69, 9.17) is 11.6 Å². The summed E-state index contributed by atoms with van der Waals surface area (Å²) >= 11 is 9.23. The molecule has 19 heavy (non-hydrogen) atoms. The van der Waals surface area contributed by atoms with E-state index < -0.39 is 18.0 Å². The van der Waals surface area contributed by atoms with Crippen LogP contribution in [0.25, 0.3) is 0 Å². The van der Waals surface area contributed by atoms with E-state index in [-0.39, 0.29) is 0 Å². The zero-order valence-corrected chi connectivity index (χ0v) is 12.9. The summed E-state index contributed by atoms with van der Waals surface area (Å²) in [4.78, 5) is 22.9. The van der Waals surface area contributed by atoms with Crippen LogP contribution in [0.3, 0.4) is 0 Å². The number of amides is 3. The smallest absolute Gasteiger partial charge is 0.321 e. The number of carbonyl (C=O) groups is 2. The molecule has 0 bridgehead atoms. The summed E-state index contributed by atoms with van der Waals surface area (Å²) in [7, 11) is 0. The van der Waals surface area contributed by atoms with E-state index in [0.717, 1.165) is 4.47 Å². The molecular formula is C12H15BrClN3O2. The molecule has 0 radical (unpaired) electrons. The first-order chi connectivity index (χ1) is 8.93. The lowest BCUT2D eigenvalue weighted by Crippen LogP contribution is -2.45. The molecule has 1 rings (SSSR count). The largest absolute Gasteiger partial charge is 0.374 e. The monoisotopic (exact) mass is 347 g/mol. The van der Waals surface area contributed by atoms with Crippen molar-refractivity contribution in [1.82, 2.24) is 10.6 Å². The van der Waals surface area contributed by atoms with Crippen molar-refractivity contribution in [2.75, 3.05) is 11.9 Å². The summed E-state index contributed by atoms with van der Waals surface area (Å²) < 4.78 is 0.777. The Morgan fingerprint density at radius 3 is 2.68 bits per heavy atom. The number of rotatable bonds is 4. The van der Waals surface area contributed by atoms with E-state index in [0.29, 0.717) is 17.3 Å². The molecule has 5 nitrogen and oxygen atoms in total. The fourth-order valence-corrected chi connectivity index (χ4v) is 1.75. The van der Waals surface area contributed by atoms with Gasteiger partial charge in [-0.1, -0.05) is 11.6 Å². The summed E-state index contributed by atoms with van der Waals surface area (Å²) in [5, 5.41) is 8.22. The molecule has 0 aliphatic carbocycles. The number of anilines is 1. The Bertz CT molecular complexity index is 482. The molecule has 1 unspecified atom stereocenters. The molecule has 1 atom stereocenters. The second-order valence-electron chi connectivity index (χ2n) is 3.84. The van der Waals surface area contributed by atoms with Crippen LogP contribution in [0.15, 0.2) is 22.7 Å². The van der Waals surface area contributed by atoms with E-state index in [9.17, 15) is 9.59 Å². The number of benzene rings is 1. The molecule has 0 fully saturated rings. The van der Waals surface area contributed by atoms with Crippen LogP contribution in [-0.4, -0.2) is 24.5 Å². The van der Waals surface area contributed by atoms with Gasteiger partial charge in [-0.25, -0.2) is 4.79 Å². The van der Waals surface area contributed by atoms with Crippen molar-refractivity contribution in [2.45, 2.75) is 19.9 Å². The van der Waals surface area contributed by atoms with Crippen LogP contribution in [0.4, 0.5) is 10.5 Å². The Kier molecular flexibility index (Phi) is 6.11. The highest BCUT2D eigenvalue weighted by Gasteiger charge is 2.15. The van der Waals surface area contributed by atoms with Crippen molar-refractivity contribution < 1.29 is 9.59 Å². The number of urea groups is 1. The van der Waals surface area contributed by atoms with Gasteiger partial charge in [-0.05, 0) is 48.0 Å². The highest BCUT2D eigenvalue weighted by Crippen LogP contribution is 2.25. The summed E-state index contributed by atoms with van der Waals surface area (Å²) in [5.74, 6) is -0.412. The van der Waals surface area contributed by atoms with Gasteiger partial charge in [-0.3, -0.25) is 10.1 Å². The molecule has 0 aromatic heterocycles. The normalized spacial score (nSPS) is 11.6.